The zero-order valence-corrected chi connectivity index (χ0v) is 13.8. The van der Waals surface area contributed by atoms with E-state index >= 15 is 0 Å². The normalized spacial score (nSPS) is 18.0. The fourth-order valence-electron chi connectivity index (χ4n) is 2.98. The number of piperidine rings is 1. The van der Waals surface area contributed by atoms with Gasteiger partial charge in [-0.15, -0.1) is 5.10 Å². The standard InChI is InChI=1S/C16H22N6O/c1-11-6-7-14(19-18-11)16(23)17-13-5-4-8-22(10-13)15-9-12(2)20-21(15)3/h6-7,9,13H,4-5,8,10H2,1-3H3,(H,17,23). The summed E-state index contributed by atoms with van der Waals surface area (Å²) in [6, 6.07) is 5.70. The first-order valence-electron chi connectivity index (χ1n) is 7.90. The predicted octanol–water partition coefficient (Wildman–Crippen LogP) is 1.23. The summed E-state index contributed by atoms with van der Waals surface area (Å²) in [6.45, 7) is 5.60. The van der Waals surface area contributed by atoms with Crippen molar-refractivity contribution in [3.8, 4) is 0 Å². The molecule has 3 heterocycles. The summed E-state index contributed by atoms with van der Waals surface area (Å²) in [6.07, 6.45) is 2.01. The molecule has 1 amide bonds. The number of amides is 1. The maximum Gasteiger partial charge on any atom is 0.272 e. The zero-order chi connectivity index (χ0) is 16.4. The molecule has 1 N–H and O–H groups in total. The molecule has 23 heavy (non-hydrogen) atoms. The van der Waals surface area contributed by atoms with E-state index in [0.717, 1.165) is 43.1 Å². The monoisotopic (exact) mass is 314 g/mol. The largest absolute Gasteiger partial charge is 0.355 e. The molecule has 2 aromatic heterocycles. The van der Waals surface area contributed by atoms with E-state index in [9.17, 15) is 4.79 Å². The van der Waals surface area contributed by atoms with Gasteiger partial charge < -0.3 is 10.2 Å². The second-order valence-electron chi connectivity index (χ2n) is 6.09. The first-order chi connectivity index (χ1) is 11.0. The van der Waals surface area contributed by atoms with E-state index in [1.165, 1.54) is 0 Å². The zero-order valence-electron chi connectivity index (χ0n) is 13.8. The van der Waals surface area contributed by atoms with Crippen LogP contribution in [0.2, 0.25) is 0 Å². The third-order valence-corrected chi connectivity index (χ3v) is 4.09. The van der Waals surface area contributed by atoms with Crippen LogP contribution in [-0.4, -0.2) is 45.0 Å². The molecule has 1 atom stereocenters. The van der Waals surface area contributed by atoms with Crippen LogP contribution in [0, 0.1) is 13.8 Å². The van der Waals surface area contributed by atoms with Crippen LogP contribution >= 0.6 is 0 Å². The maximum absolute atomic E-state index is 12.3. The molecule has 0 bridgehead atoms. The summed E-state index contributed by atoms with van der Waals surface area (Å²) in [5.74, 6) is 0.933. The number of nitrogens with zero attached hydrogens (tertiary/aromatic N) is 5. The second-order valence-corrected chi connectivity index (χ2v) is 6.09. The van der Waals surface area contributed by atoms with Gasteiger partial charge in [0.15, 0.2) is 5.69 Å². The minimum atomic E-state index is -0.162. The highest BCUT2D eigenvalue weighted by Crippen LogP contribution is 2.20. The lowest BCUT2D eigenvalue weighted by Gasteiger charge is -2.34. The molecule has 1 aliphatic heterocycles. The summed E-state index contributed by atoms with van der Waals surface area (Å²) in [5, 5.41) is 15.4. The van der Waals surface area contributed by atoms with Crippen molar-refractivity contribution in [1.29, 1.82) is 0 Å². The van der Waals surface area contributed by atoms with Gasteiger partial charge in [-0.2, -0.15) is 10.2 Å². The Kier molecular flexibility index (Phi) is 4.27. The molecule has 0 aliphatic carbocycles. The van der Waals surface area contributed by atoms with Crippen LogP contribution < -0.4 is 10.2 Å². The van der Waals surface area contributed by atoms with Crippen molar-refractivity contribution in [2.45, 2.75) is 32.7 Å². The molecular formula is C16H22N6O. The van der Waals surface area contributed by atoms with Crippen LogP contribution in [0.15, 0.2) is 18.2 Å². The molecule has 2 aromatic rings. The Balaban J connectivity index is 1.65. The molecule has 122 valence electrons. The Hall–Kier alpha value is -2.44. The van der Waals surface area contributed by atoms with Gasteiger partial charge in [0, 0.05) is 32.2 Å². The SMILES string of the molecule is Cc1ccc(C(=O)NC2CCCN(c3cc(C)nn3C)C2)nn1. The fourth-order valence-corrected chi connectivity index (χ4v) is 2.98. The van der Waals surface area contributed by atoms with Crippen molar-refractivity contribution >= 4 is 11.7 Å². The Morgan fingerprint density at radius 1 is 1.26 bits per heavy atom. The summed E-state index contributed by atoms with van der Waals surface area (Å²) < 4.78 is 1.89. The van der Waals surface area contributed by atoms with Crippen molar-refractivity contribution in [3.05, 3.63) is 35.3 Å². The lowest BCUT2D eigenvalue weighted by Crippen LogP contribution is -2.48. The van der Waals surface area contributed by atoms with E-state index in [4.69, 9.17) is 0 Å². The number of carbonyl (C=O) groups is 1. The highest BCUT2D eigenvalue weighted by atomic mass is 16.2. The van der Waals surface area contributed by atoms with Gasteiger partial charge in [-0.3, -0.25) is 9.48 Å². The fraction of sp³-hybridized carbons (Fsp3) is 0.500. The number of anilines is 1. The maximum atomic E-state index is 12.3. The average molecular weight is 314 g/mol. The number of nitrogens with one attached hydrogen (secondary N) is 1. The van der Waals surface area contributed by atoms with Crippen molar-refractivity contribution in [3.63, 3.8) is 0 Å². The van der Waals surface area contributed by atoms with Crippen LogP contribution in [0.5, 0.6) is 0 Å². The summed E-state index contributed by atoms with van der Waals surface area (Å²) >= 11 is 0. The highest BCUT2D eigenvalue weighted by Gasteiger charge is 2.24. The van der Waals surface area contributed by atoms with Crippen molar-refractivity contribution in [2.75, 3.05) is 18.0 Å². The molecule has 3 rings (SSSR count). The van der Waals surface area contributed by atoms with Crippen LogP contribution in [0.1, 0.15) is 34.7 Å². The molecule has 7 nitrogen and oxygen atoms in total. The smallest absolute Gasteiger partial charge is 0.272 e. The second kappa shape index (κ2) is 6.36. The average Bonchev–Trinajstić information content (AvgIpc) is 2.87. The number of aryl methyl sites for hydroxylation is 3. The number of hydrogen-bond acceptors (Lipinski definition) is 5. The number of rotatable bonds is 3. The minimum Gasteiger partial charge on any atom is -0.355 e. The first kappa shape index (κ1) is 15.5. The molecule has 7 heteroatoms. The Labute approximate surface area is 135 Å². The van der Waals surface area contributed by atoms with E-state index in [1.54, 1.807) is 12.1 Å². The number of carbonyl (C=O) groups excluding carboxylic acids is 1. The molecule has 1 unspecified atom stereocenters. The number of hydrogen-bond donors (Lipinski definition) is 1. The molecular weight excluding hydrogens is 292 g/mol. The van der Waals surface area contributed by atoms with E-state index in [1.807, 2.05) is 25.6 Å². The van der Waals surface area contributed by atoms with Crippen LogP contribution in [0.4, 0.5) is 5.82 Å². The third kappa shape index (κ3) is 3.49. The predicted molar refractivity (Wildman–Crippen MR) is 87.4 cm³/mol. The van der Waals surface area contributed by atoms with Crippen molar-refractivity contribution < 1.29 is 4.79 Å². The summed E-state index contributed by atoms with van der Waals surface area (Å²) in [7, 11) is 1.95. The molecule has 1 aliphatic rings. The minimum absolute atomic E-state index is 0.106. The lowest BCUT2D eigenvalue weighted by molar-refractivity contribution is 0.0927. The van der Waals surface area contributed by atoms with Gasteiger partial charge in [0.25, 0.3) is 5.91 Å². The van der Waals surface area contributed by atoms with Gasteiger partial charge >= 0.3 is 0 Å². The van der Waals surface area contributed by atoms with Crippen LogP contribution in [-0.2, 0) is 7.05 Å². The molecule has 0 spiro atoms. The van der Waals surface area contributed by atoms with Crippen LogP contribution in [0.3, 0.4) is 0 Å². The topological polar surface area (TPSA) is 75.9 Å². The lowest BCUT2D eigenvalue weighted by atomic mass is 10.1. The quantitative estimate of drug-likeness (QED) is 0.922. The third-order valence-electron chi connectivity index (χ3n) is 4.09. The van der Waals surface area contributed by atoms with Crippen LogP contribution in [0.25, 0.3) is 0 Å². The summed E-state index contributed by atoms with van der Waals surface area (Å²) in [4.78, 5) is 14.6. The van der Waals surface area contributed by atoms with Gasteiger partial charge in [-0.1, -0.05) is 0 Å². The highest BCUT2D eigenvalue weighted by molar-refractivity contribution is 5.92. The van der Waals surface area contributed by atoms with Gasteiger partial charge in [-0.05, 0) is 38.8 Å². The van der Waals surface area contributed by atoms with E-state index in [2.05, 4.69) is 31.6 Å². The Bertz CT molecular complexity index is 693. The number of aromatic nitrogens is 4. The molecule has 0 radical (unpaired) electrons. The van der Waals surface area contributed by atoms with Crippen molar-refractivity contribution in [2.24, 2.45) is 7.05 Å². The Morgan fingerprint density at radius 3 is 2.74 bits per heavy atom. The van der Waals surface area contributed by atoms with E-state index in [0.29, 0.717) is 5.69 Å². The van der Waals surface area contributed by atoms with Gasteiger partial charge in [-0.25, -0.2) is 0 Å². The van der Waals surface area contributed by atoms with Crippen molar-refractivity contribution in [1.82, 2.24) is 25.3 Å². The van der Waals surface area contributed by atoms with Gasteiger partial charge in [0.1, 0.15) is 5.82 Å². The van der Waals surface area contributed by atoms with Gasteiger partial charge in [0.2, 0.25) is 0 Å². The first-order valence-corrected chi connectivity index (χ1v) is 7.90. The summed E-state index contributed by atoms with van der Waals surface area (Å²) in [5.41, 5.74) is 2.17. The Morgan fingerprint density at radius 2 is 2.09 bits per heavy atom. The molecule has 0 aromatic carbocycles. The molecule has 1 fully saturated rings. The van der Waals surface area contributed by atoms with E-state index in [-0.39, 0.29) is 11.9 Å². The van der Waals surface area contributed by atoms with E-state index < -0.39 is 0 Å². The molecule has 0 saturated carbocycles. The van der Waals surface area contributed by atoms with Gasteiger partial charge in [0.05, 0.1) is 11.4 Å². The molecule has 1 saturated heterocycles.